The highest BCUT2D eigenvalue weighted by Crippen LogP contribution is 2.32. The first kappa shape index (κ1) is 16.8. The molecule has 0 aromatic heterocycles. The highest BCUT2D eigenvalue weighted by molar-refractivity contribution is 5.84. The molecule has 4 unspecified atom stereocenters. The van der Waals surface area contributed by atoms with Gasteiger partial charge in [0.25, 0.3) is 0 Å². The van der Waals surface area contributed by atoms with E-state index < -0.39 is 0 Å². The van der Waals surface area contributed by atoms with Crippen LogP contribution < -0.4 is 5.32 Å². The summed E-state index contributed by atoms with van der Waals surface area (Å²) in [7, 11) is 0. The lowest BCUT2D eigenvalue weighted by atomic mass is 9.80. The second kappa shape index (κ2) is 7.62. The molecule has 2 rings (SSSR count). The van der Waals surface area contributed by atoms with Crippen molar-refractivity contribution in [3.8, 4) is 0 Å². The molecule has 1 saturated carbocycles. The molecular formula is C18H34N2O. The maximum absolute atomic E-state index is 12.7. The van der Waals surface area contributed by atoms with Crippen molar-refractivity contribution >= 4 is 5.91 Å². The van der Waals surface area contributed by atoms with E-state index in [9.17, 15) is 4.79 Å². The summed E-state index contributed by atoms with van der Waals surface area (Å²) in [6.07, 6.45) is 8.76. The molecule has 2 fully saturated rings. The number of hydrogen-bond donors (Lipinski definition) is 1. The van der Waals surface area contributed by atoms with Gasteiger partial charge in [-0.1, -0.05) is 53.4 Å². The first-order chi connectivity index (χ1) is 10.0. The Balaban J connectivity index is 2.03. The largest absolute Gasteiger partial charge is 0.325 e. The Morgan fingerprint density at radius 3 is 2.62 bits per heavy atom. The fraction of sp³-hybridized carbons (Fsp3) is 0.944. The summed E-state index contributed by atoms with van der Waals surface area (Å²) < 4.78 is 0. The molecular weight excluding hydrogens is 260 g/mol. The van der Waals surface area contributed by atoms with Crippen LogP contribution in [0, 0.1) is 17.8 Å². The van der Waals surface area contributed by atoms with Crippen LogP contribution in [0.25, 0.3) is 0 Å². The second-order valence-electron chi connectivity index (χ2n) is 7.67. The third kappa shape index (κ3) is 4.21. The van der Waals surface area contributed by atoms with Gasteiger partial charge in [-0.05, 0) is 37.0 Å². The van der Waals surface area contributed by atoms with Gasteiger partial charge in [-0.3, -0.25) is 10.1 Å². The van der Waals surface area contributed by atoms with Crippen molar-refractivity contribution in [3.63, 3.8) is 0 Å². The monoisotopic (exact) mass is 294 g/mol. The van der Waals surface area contributed by atoms with Gasteiger partial charge in [0.2, 0.25) is 5.91 Å². The summed E-state index contributed by atoms with van der Waals surface area (Å²) in [5.74, 6) is 2.47. The van der Waals surface area contributed by atoms with Crippen LogP contribution in [-0.4, -0.2) is 29.6 Å². The van der Waals surface area contributed by atoms with Gasteiger partial charge < -0.3 is 4.90 Å². The minimum absolute atomic E-state index is 0.0673. The summed E-state index contributed by atoms with van der Waals surface area (Å²) in [5, 5.41) is 3.60. The predicted molar refractivity (Wildman–Crippen MR) is 87.9 cm³/mol. The van der Waals surface area contributed by atoms with E-state index in [0.29, 0.717) is 17.7 Å². The number of amides is 1. The van der Waals surface area contributed by atoms with Crippen LogP contribution in [0.15, 0.2) is 0 Å². The molecule has 0 radical (unpaired) electrons. The summed E-state index contributed by atoms with van der Waals surface area (Å²) in [4.78, 5) is 14.9. The van der Waals surface area contributed by atoms with Crippen molar-refractivity contribution < 1.29 is 4.79 Å². The summed E-state index contributed by atoms with van der Waals surface area (Å²) in [6, 6.07) is 0.0673. The van der Waals surface area contributed by atoms with Crippen molar-refractivity contribution in [3.05, 3.63) is 0 Å². The summed E-state index contributed by atoms with van der Waals surface area (Å²) in [5.41, 5.74) is 0. The van der Waals surface area contributed by atoms with Crippen molar-refractivity contribution in [2.45, 2.75) is 84.8 Å². The van der Waals surface area contributed by atoms with Gasteiger partial charge in [-0.2, -0.15) is 0 Å². The molecule has 1 heterocycles. The molecule has 1 N–H and O–H groups in total. The number of nitrogens with zero attached hydrogens (tertiary/aromatic N) is 1. The fourth-order valence-corrected chi connectivity index (χ4v) is 4.02. The summed E-state index contributed by atoms with van der Waals surface area (Å²) >= 11 is 0. The topological polar surface area (TPSA) is 32.3 Å². The average molecular weight is 294 g/mol. The van der Waals surface area contributed by atoms with Crippen molar-refractivity contribution in [1.82, 2.24) is 10.2 Å². The van der Waals surface area contributed by atoms with Crippen LogP contribution in [-0.2, 0) is 4.79 Å². The molecule has 4 atom stereocenters. The van der Waals surface area contributed by atoms with E-state index in [1.165, 1.54) is 25.7 Å². The lowest BCUT2D eigenvalue weighted by Gasteiger charge is -2.35. The SMILES string of the molecule is CCCC1NC(CC(C)C)N(CC2CCCCC2C)C1=O. The van der Waals surface area contributed by atoms with Crippen LogP contribution in [0.4, 0.5) is 0 Å². The molecule has 1 amide bonds. The second-order valence-corrected chi connectivity index (χ2v) is 7.67. The van der Waals surface area contributed by atoms with Crippen LogP contribution in [0.1, 0.15) is 72.6 Å². The molecule has 1 aliphatic heterocycles. The quantitative estimate of drug-likeness (QED) is 0.808. The zero-order valence-corrected chi connectivity index (χ0v) is 14.4. The van der Waals surface area contributed by atoms with Crippen LogP contribution in [0.3, 0.4) is 0 Å². The lowest BCUT2D eigenvalue weighted by molar-refractivity contribution is -0.131. The molecule has 0 bridgehead atoms. The van der Waals surface area contributed by atoms with E-state index in [0.717, 1.165) is 31.7 Å². The van der Waals surface area contributed by atoms with Crippen molar-refractivity contribution in [2.75, 3.05) is 6.54 Å². The van der Waals surface area contributed by atoms with Gasteiger partial charge >= 0.3 is 0 Å². The molecule has 0 aromatic rings. The number of carbonyl (C=O) groups excluding carboxylic acids is 1. The third-order valence-electron chi connectivity index (χ3n) is 5.34. The third-order valence-corrected chi connectivity index (χ3v) is 5.34. The first-order valence-electron chi connectivity index (χ1n) is 9.09. The number of carbonyl (C=O) groups is 1. The fourth-order valence-electron chi connectivity index (χ4n) is 4.02. The van der Waals surface area contributed by atoms with Crippen molar-refractivity contribution in [1.29, 1.82) is 0 Å². The van der Waals surface area contributed by atoms with E-state index in [-0.39, 0.29) is 12.2 Å². The molecule has 122 valence electrons. The smallest absolute Gasteiger partial charge is 0.241 e. The van der Waals surface area contributed by atoms with Crippen LogP contribution >= 0.6 is 0 Å². The Bertz CT molecular complexity index is 342. The van der Waals surface area contributed by atoms with Crippen LogP contribution in [0.5, 0.6) is 0 Å². The van der Waals surface area contributed by atoms with E-state index in [2.05, 4.69) is 37.9 Å². The first-order valence-corrected chi connectivity index (χ1v) is 9.09. The van der Waals surface area contributed by atoms with Gasteiger partial charge in [0, 0.05) is 6.54 Å². The van der Waals surface area contributed by atoms with Crippen LogP contribution in [0.2, 0.25) is 0 Å². The normalized spacial score (nSPS) is 34.0. The molecule has 3 heteroatoms. The van der Waals surface area contributed by atoms with E-state index >= 15 is 0 Å². The minimum atomic E-state index is 0.0673. The highest BCUT2D eigenvalue weighted by atomic mass is 16.2. The Labute approximate surface area is 130 Å². The molecule has 0 spiro atoms. The van der Waals surface area contributed by atoms with Gasteiger partial charge in [0.05, 0.1) is 12.2 Å². The van der Waals surface area contributed by atoms with E-state index in [4.69, 9.17) is 0 Å². The zero-order chi connectivity index (χ0) is 15.4. The maximum atomic E-state index is 12.7. The molecule has 3 nitrogen and oxygen atoms in total. The molecule has 0 aromatic carbocycles. The number of nitrogens with one attached hydrogen (secondary N) is 1. The number of rotatable bonds is 6. The molecule has 1 aliphatic carbocycles. The van der Waals surface area contributed by atoms with Gasteiger partial charge in [-0.15, -0.1) is 0 Å². The summed E-state index contributed by atoms with van der Waals surface area (Å²) in [6.45, 7) is 10.0. The van der Waals surface area contributed by atoms with E-state index in [1.807, 2.05) is 0 Å². The Morgan fingerprint density at radius 2 is 2.00 bits per heavy atom. The molecule has 21 heavy (non-hydrogen) atoms. The standard InChI is InChI=1S/C18H34N2O/c1-5-8-16-18(21)20(17(19-16)11-13(2)3)12-15-10-7-6-9-14(15)4/h13-17,19H,5-12H2,1-4H3. The van der Waals surface area contributed by atoms with Gasteiger partial charge in [0.15, 0.2) is 0 Å². The average Bonchev–Trinajstić information content (AvgIpc) is 2.70. The Morgan fingerprint density at radius 1 is 1.29 bits per heavy atom. The highest BCUT2D eigenvalue weighted by Gasteiger charge is 2.39. The number of hydrogen-bond acceptors (Lipinski definition) is 2. The van der Waals surface area contributed by atoms with Gasteiger partial charge in [0.1, 0.15) is 0 Å². The van der Waals surface area contributed by atoms with Gasteiger partial charge in [-0.25, -0.2) is 0 Å². The maximum Gasteiger partial charge on any atom is 0.241 e. The Hall–Kier alpha value is -0.570. The Kier molecular flexibility index (Phi) is 6.09. The minimum Gasteiger partial charge on any atom is -0.325 e. The van der Waals surface area contributed by atoms with E-state index in [1.54, 1.807) is 0 Å². The van der Waals surface area contributed by atoms with Crippen molar-refractivity contribution in [2.24, 2.45) is 17.8 Å². The molecule has 2 aliphatic rings. The zero-order valence-electron chi connectivity index (χ0n) is 14.4. The lowest BCUT2D eigenvalue weighted by Crippen LogP contribution is -2.42. The predicted octanol–water partition coefficient (Wildman–Crippen LogP) is 3.79. The molecule has 1 saturated heterocycles.